The second-order valence-corrected chi connectivity index (χ2v) is 5.64. The van der Waals surface area contributed by atoms with Crippen LogP contribution in [0.2, 0.25) is 0 Å². The largest absolute Gasteiger partial charge is 0.493 e. The van der Waals surface area contributed by atoms with Gasteiger partial charge in [-0.25, -0.2) is 9.18 Å². The molecule has 0 heterocycles. The molecule has 2 aromatic rings. The minimum atomic E-state index is -1.14. The monoisotopic (exact) mass is 377 g/mol. The van der Waals surface area contributed by atoms with Crippen LogP contribution in [0, 0.1) is 5.82 Å². The average molecular weight is 377 g/mol. The molecule has 1 atom stereocenters. The maximum absolute atomic E-state index is 12.9. The van der Waals surface area contributed by atoms with Crippen molar-refractivity contribution in [1.82, 2.24) is 5.32 Å². The molecular formula is C19H20FNO6. The molecule has 0 unspecified atom stereocenters. The number of carboxylic acid groups (broad SMARTS) is 1. The predicted molar refractivity (Wildman–Crippen MR) is 94.9 cm³/mol. The normalized spacial score (nSPS) is 11.4. The molecule has 8 heteroatoms. The first-order valence-electron chi connectivity index (χ1n) is 8.12. The Morgan fingerprint density at radius 2 is 1.85 bits per heavy atom. The Morgan fingerprint density at radius 3 is 2.48 bits per heavy atom. The molecule has 1 amide bonds. The molecule has 144 valence electrons. The number of aliphatic carboxylic acids is 1. The van der Waals surface area contributed by atoms with Crippen molar-refractivity contribution in [3.05, 3.63) is 53.8 Å². The second-order valence-electron chi connectivity index (χ2n) is 5.64. The molecule has 0 fully saturated rings. The Labute approximate surface area is 155 Å². The van der Waals surface area contributed by atoms with Crippen molar-refractivity contribution in [1.29, 1.82) is 0 Å². The van der Waals surface area contributed by atoms with Crippen LogP contribution in [0.15, 0.2) is 42.5 Å². The number of ether oxygens (including phenoxy) is 3. The molecule has 0 spiro atoms. The van der Waals surface area contributed by atoms with E-state index in [2.05, 4.69) is 5.32 Å². The molecule has 0 aliphatic carbocycles. The molecule has 0 bridgehead atoms. The predicted octanol–water partition coefficient (Wildman–Crippen LogP) is 2.50. The van der Waals surface area contributed by atoms with Gasteiger partial charge in [0.15, 0.2) is 18.1 Å². The van der Waals surface area contributed by atoms with Crippen molar-refractivity contribution in [2.75, 3.05) is 20.3 Å². The van der Waals surface area contributed by atoms with Crippen LogP contribution in [-0.4, -0.2) is 43.3 Å². The van der Waals surface area contributed by atoms with Crippen molar-refractivity contribution in [3.63, 3.8) is 0 Å². The van der Waals surface area contributed by atoms with E-state index in [4.69, 9.17) is 19.3 Å². The highest BCUT2D eigenvalue weighted by atomic mass is 19.1. The number of benzene rings is 2. The molecule has 2 rings (SSSR count). The molecule has 0 radical (unpaired) electrons. The number of hydrogen-bond donors (Lipinski definition) is 2. The maximum atomic E-state index is 12.9. The fourth-order valence-corrected chi connectivity index (χ4v) is 2.20. The molecule has 2 aromatic carbocycles. The quantitative estimate of drug-likeness (QED) is 0.697. The minimum absolute atomic E-state index is 0.156. The summed E-state index contributed by atoms with van der Waals surface area (Å²) in [5, 5.41) is 11.4. The zero-order valence-corrected chi connectivity index (χ0v) is 14.9. The van der Waals surface area contributed by atoms with E-state index >= 15 is 0 Å². The van der Waals surface area contributed by atoms with Crippen LogP contribution in [0.4, 0.5) is 4.39 Å². The van der Waals surface area contributed by atoms with Gasteiger partial charge in [-0.05, 0) is 49.4 Å². The average Bonchev–Trinajstić information content (AvgIpc) is 2.66. The second kappa shape index (κ2) is 9.42. The Kier molecular flexibility index (Phi) is 6.99. The highest BCUT2D eigenvalue weighted by molar-refractivity contribution is 5.94. The fraction of sp³-hybridized carbons (Fsp3) is 0.263. The maximum Gasteiger partial charge on any atom is 0.341 e. The molecule has 2 N–H and O–H groups in total. The number of rotatable bonds is 9. The van der Waals surface area contributed by atoms with Gasteiger partial charge in [-0.2, -0.15) is 0 Å². The van der Waals surface area contributed by atoms with E-state index in [1.807, 2.05) is 0 Å². The molecule has 27 heavy (non-hydrogen) atoms. The van der Waals surface area contributed by atoms with E-state index in [-0.39, 0.29) is 35.7 Å². The summed E-state index contributed by atoms with van der Waals surface area (Å²) in [5.41, 5.74) is 0.283. The van der Waals surface area contributed by atoms with Crippen molar-refractivity contribution in [2.45, 2.75) is 13.0 Å². The summed E-state index contributed by atoms with van der Waals surface area (Å²) in [4.78, 5) is 23.0. The minimum Gasteiger partial charge on any atom is -0.493 e. The number of carbonyl (C=O) groups is 2. The molecule has 0 aliphatic heterocycles. The number of hydrogen-bond acceptors (Lipinski definition) is 5. The zero-order chi connectivity index (χ0) is 19.8. The first-order chi connectivity index (χ1) is 12.9. The standard InChI is InChI=1S/C19H20FNO6/c1-12(27-15-6-4-14(20)5-7-15)10-21-19(24)13-3-8-16(25-2)17(9-13)26-11-18(22)23/h3-9,12H,10-11H2,1-2H3,(H,21,24)(H,22,23)/t12-/m1/s1. The molecule has 0 saturated heterocycles. The topological polar surface area (TPSA) is 94.1 Å². The van der Waals surface area contributed by atoms with Gasteiger partial charge in [-0.3, -0.25) is 4.79 Å². The van der Waals surface area contributed by atoms with E-state index in [0.717, 1.165) is 0 Å². The third-order valence-electron chi connectivity index (χ3n) is 3.48. The SMILES string of the molecule is COc1ccc(C(=O)NC[C@@H](C)Oc2ccc(F)cc2)cc1OCC(=O)O. The van der Waals surface area contributed by atoms with Gasteiger partial charge in [0.1, 0.15) is 17.7 Å². The Hall–Kier alpha value is -3.29. The molecule has 7 nitrogen and oxygen atoms in total. The van der Waals surface area contributed by atoms with Crippen molar-refractivity contribution in [3.8, 4) is 17.2 Å². The van der Waals surface area contributed by atoms with Crippen molar-refractivity contribution >= 4 is 11.9 Å². The lowest BCUT2D eigenvalue weighted by Crippen LogP contribution is -2.33. The van der Waals surface area contributed by atoms with E-state index in [1.165, 1.54) is 49.6 Å². The van der Waals surface area contributed by atoms with Crippen LogP contribution in [-0.2, 0) is 4.79 Å². The van der Waals surface area contributed by atoms with Gasteiger partial charge in [-0.1, -0.05) is 0 Å². The Balaban J connectivity index is 1.95. The van der Waals surface area contributed by atoms with Gasteiger partial charge in [0.05, 0.1) is 13.7 Å². The van der Waals surface area contributed by atoms with Crippen LogP contribution < -0.4 is 19.5 Å². The van der Waals surface area contributed by atoms with E-state index in [0.29, 0.717) is 11.5 Å². The van der Waals surface area contributed by atoms with Crippen molar-refractivity contribution in [2.24, 2.45) is 0 Å². The zero-order valence-electron chi connectivity index (χ0n) is 14.9. The van der Waals surface area contributed by atoms with Gasteiger partial charge in [0.2, 0.25) is 0 Å². The van der Waals surface area contributed by atoms with Crippen molar-refractivity contribution < 1.29 is 33.3 Å². The van der Waals surface area contributed by atoms with Crippen LogP contribution in [0.1, 0.15) is 17.3 Å². The van der Waals surface area contributed by atoms with Gasteiger partial charge >= 0.3 is 5.97 Å². The smallest absolute Gasteiger partial charge is 0.341 e. The number of amides is 1. The summed E-state index contributed by atoms with van der Waals surface area (Å²) in [6.45, 7) is 1.43. The lowest BCUT2D eigenvalue weighted by atomic mass is 10.2. The van der Waals surface area contributed by atoms with E-state index in [9.17, 15) is 14.0 Å². The Bertz CT molecular complexity index is 793. The van der Waals surface area contributed by atoms with Crippen LogP contribution in [0.25, 0.3) is 0 Å². The highest BCUT2D eigenvalue weighted by Crippen LogP contribution is 2.28. The Morgan fingerprint density at radius 1 is 1.15 bits per heavy atom. The summed E-state index contributed by atoms with van der Waals surface area (Å²) < 4.78 is 28.7. The molecular weight excluding hydrogens is 357 g/mol. The van der Waals surface area contributed by atoms with Gasteiger partial charge in [0, 0.05) is 5.56 Å². The lowest BCUT2D eigenvalue weighted by Gasteiger charge is -2.16. The number of nitrogens with one attached hydrogen (secondary N) is 1. The third-order valence-corrected chi connectivity index (χ3v) is 3.48. The number of carboxylic acids is 1. The van der Waals surface area contributed by atoms with Gasteiger partial charge in [0.25, 0.3) is 5.91 Å². The van der Waals surface area contributed by atoms with Gasteiger partial charge < -0.3 is 24.6 Å². The van der Waals surface area contributed by atoms with Crippen LogP contribution >= 0.6 is 0 Å². The summed E-state index contributed by atoms with van der Waals surface area (Å²) in [6, 6.07) is 10.0. The molecule has 0 aliphatic rings. The summed E-state index contributed by atoms with van der Waals surface area (Å²) >= 11 is 0. The highest BCUT2D eigenvalue weighted by Gasteiger charge is 2.14. The van der Waals surface area contributed by atoms with Gasteiger partial charge in [-0.15, -0.1) is 0 Å². The van der Waals surface area contributed by atoms with Crippen LogP contribution in [0.3, 0.4) is 0 Å². The summed E-state index contributed by atoms with van der Waals surface area (Å²) in [7, 11) is 1.41. The summed E-state index contributed by atoms with van der Waals surface area (Å²) in [6.07, 6.45) is -0.347. The lowest BCUT2D eigenvalue weighted by molar-refractivity contribution is -0.139. The third kappa shape index (κ3) is 6.18. The summed E-state index contributed by atoms with van der Waals surface area (Å²) in [5.74, 6) is -0.911. The fourth-order valence-electron chi connectivity index (χ4n) is 2.20. The van der Waals surface area contributed by atoms with E-state index < -0.39 is 12.6 Å². The van der Waals surface area contributed by atoms with E-state index in [1.54, 1.807) is 6.92 Å². The number of halogens is 1. The first-order valence-corrected chi connectivity index (χ1v) is 8.12. The number of methoxy groups -OCH3 is 1. The molecule has 0 saturated carbocycles. The van der Waals surface area contributed by atoms with Crippen LogP contribution in [0.5, 0.6) is 17.2 Å². The molecule has 0 aromatic heterocycles. The number of carbonyl (C=O) groups excluding carboxylic acids is 1. The first kappa shape index (κ1) is 20.0.